The Balaban J connectivity index is 1.37. The molecule has 0 spiro atoms. The Morgan fingerprint density at radius 2 is 1.68 bits per heavy atom. The van der Waals surface area contributed by atoms with Crippen molar-refractivity contribution in [1.82, 2.24) is 5.32 Å². The highest BCUT2D eigenvalue weighted by Gasteiger charge is 2.47. The molecular formula is C25H20ClNO4. The SMILES string of the molecule is O=C(NC1(C(=O)O)CCc2ccc(Cl)cc21)OCC1c2ccccc2-c2ccccc21. The van der Waals surface area contributed by atoms with E-state index in [-0.39, 0.29) is 18.9 Å². The van der Waals surface area contributed by atoms with Gasteiger partial charge in [-0.2, -0.15) is 0 Å². The minimum Gasteiger partial charge on any atom is -0.479 e. The van der Waals surface area contributed by atoms with Gasteiger partial charge < -0.3 is 15.2 Å². The van der Waals surface area contributed by atoms with Crippen LogP contribution in [0.5, 0.6) is 0 Å². The average Bonchev–Trinajstić information content (AvgIpc) is 3.29. The number of nitrogens with one attached hydrogen (secondary N) is 1. The number of carbonyl (C=O) groups is 2. The summed E-state index contributed by atoms with van der Waals surface area (Å²) >= 11 is 6.10. The molecule has 3 aromatic rings. The number of rotatable bonds is 4. The smallest absolute Gasteiger partial charge is 0.408 e. The summed E-state index contributed by atoms with van der Waals surface area (Å²) in [5, 5.41) is 13.0. The number of benzene rings is 3. The van der Waals surface area contributed by atoms with E-state index < -0.39 is 17.6 Å². The maximum absolute atomic E-state index is 12.8. The predicted molar refractivity (Wildman–Crippen MR) is 117 cm³/mol. The van der Waals surface area contributed by atoms with Gasteiger partial charge in [0.15, 0.2) is 5.54 Å². The van der Waals surface area contributed by atoms with E-state index in [9.17, 15) is 14.7 Å². The molecule has 1 unspecified atom stereocenters. The lowest BCUT2D eigenvalue weighted by Gasteiger charge is -2.27. The first kappa shape index (κ1) is 19.6. The molecule has 0 heterocycles. The molecule has 0 aromatic heterocycles. The zero-order chi connectivity index (χ0) is 21.6. The quantitative estimate of drug-likeness (QED) is 0.599. The molecule has 0 radical (unpaired) electrons. The van der Waals surface area contributed by atoms with Gasteiger partial charge in [-0.3, -0.25) is 0 Å². The number of fused-ring (bicyclic) bond motifs is 4. The second-order valence-electron chi connectivity index (χ2n) is 7.96. The average molecular weight is 434 g/mol. The lowest BCUT2D eigenvalue weighted by Crippen LogP contribution is -2.50. The van der Waals surface area contributed by atoms with Crippen molar-refractivity contribution < 1.29 is 19.4 Å². The van der Waals surface area contributed by atoms with Gasteiger partial charge in [-0.25, -0.2) is 9.59 Å². The Bertz CT molecular complexity index is 1160. The molecule has 3 aromatic carbocycles. The summed E-state index contributed by atoms with van der Waals surface area (Å²) in [4.78, 5) is 25.0. The second kappa shape index (κ2) is 7.43. The van der Waals surface area contributed by atoms with Crippen LogP contribution in [-0.4, -0.2) is 23.8 Å². The van der Waals surface area contributed by atoms with Crippen LogP contribution in [0.2, 0.25) is 5.02 Å². The Morgan fingerprint density at radius 1 is 1.03 bits per heavy atom. The van der Waals surface area contributed by atoms with Crippen molar-refractivity contribution in [3.05, 3.63) is 94.0 Å². The number of halogens is 1. The summed E-state index contributed by atoms with van der Waals surface area (Å²) in [5.74, 6) is -1.22. The largest absolute Gasteiger partial charge is 0.479 e. The number of alkyl carbamates (subject to hydrolysis) is 1. The number of amides is 1. The van der Waals surface area contributed by atoms with Crippen LogP contribution < -0.4 is 5.32 Å². The molecule has 2 N–H and O–H groups in total. The van der Waals surface area contributed by atoms with Crippen LogP contribution >= 0.6 is 11.6 Å². The van der Waals surface area contributed by atoms with Gasteiger partial charge in [0.05, 0.1) is 0 Å². The fraction of sp³-hybridized carbons (Fsp3) is 0.200. The van der Waals surface area contributed by atoms with Crippen LogP contribution in [0.3, 0.4) is 0 Å². The molecule has 0 bridgehead atoms. The predicted octanol–water partition coefficient (Wildman–Crippen LogP) is 5.10. The third-order valence-corrected chi connectivity index (χ3v) is 6.56. The van der Waals surface area contributed by atoms with Gasteiger partial charge in [-0.1, -0.05) is 66.2 Å². The highest BCUT2D eigenvalue weighted by Crippen LogP contribution is 2.44. The third-order valence-electron chi connectivity index (χ3n) is 6.33. The van der Waals surface area contributed by atoms with E-state index in [0.29, 0.717) is 17.0 Å². The van der Waals surface area contributed by atoms with Crippen LogP contribution in [0, 0.1) is 0 Å². The first-order valence-electron chi connectivity index (χ1n) is 10.1. The summed E-state index contributed by atoms with van der Waals surface area (Å²) in [6.45, 7) is 0.123. The molecule has 2 aliphatic carbocycles. The number of carboxylic acid groups (broad SMARTS) is 1. The van der Waals surface area contributed by atoms with E-state index in [1.807, 2.05) is 42.5 Å². The molecule has 156 valence electrons. The summed E-state index contributed by atoms with van der Waals surface area (Å²) < 4.78 is 5.58. The van der Waals surface area contributed by atoms with Crippen molar-refractivity contribution in [1.29, 1.82) is 0 Å². The lowest BCUT2D eigenvalue weighted by atomic mass is 9.92. The molecule has 5 nitrogen and oxygen atoms in total. The van der Waals surface area contributed by atoms with E-state index in [2.05, 4.69) is 17.4 Å². The number of carbonyl (C=O) groups excluding carboxylic acids is 1. The normalized spacial score (nSPS) is 18.7. The number of aryl methyl sites for hydroxylation is 1. The first-order valence-corrected chi connectivity index (χ1v) is 10.5. The highest BCUT2D eigenvalue weighted by atomic mass is 35.5. The molecular weight excluding hydrogens is 414 g/mol. The van der Waals surface area contributed by atoms with Gasteiger partial charge in [0.1, 0.15) is 6.61 Å². The number of aliphatic carboxylic acids is 1. The highest BCUT2D eigenvalue weighted by molar-refractivity contribution is 6.30. The summed E-state index contributed by atoms with van der Waals surface area (Å²) in [6, 6.07) is 21.3. The monoisotopic (exact) mass is 433 g/mol. The Morgan fingerprint density at radius 3 is 2.32 bits per heavy atom. The molecule has 1 atom stereocenters. The van der Waals surface area contributed by atoms with Gasteiger partial charge in [-0.15, -0.1) is 0 Å². The van der Waals surface area contributed by atoms with Crippen LogP contribution in [0.25, 0.3) is 11.1 Å². The number of hydrogen-bond acceptors (Lipinski definition) is 3. The molecule has 1 amide bonds. The molecule has 0 fully saturated rings. The Labute approximate surface area is 184 Å². The van der Waals surface area contributed by atoms with E-state index >= 15 is 0 Å². The van der Waals surface area contributed by atoms with E-state index in [4.69, 9.17) is 16.3 Å². The van der Waals surface area contributed by atoms with Crippen molar-refractivity contribution in [2.45, 2.75) is 24.3 Å². The van der Waals surface area contributed by atoms with Crippen LogP contribution in [-0.2, 0) is 21.5 Å². The third kappa shape index (κ3) is 3.17. The van der Waals surface area contributed by atoms with Gasteiger partial charge in [-0.05, 0) is 58.4 Å². The maximum atomic E-state index is 12.8. The topological polar surface area (TPSA) is 75.6 Å². The zero-order valence-electron chi connectivity index (χ0n) is 16.6. The molecule has 2 aliphatic rings. The van der Waals surface area contributed by atoms with Crippen molar-refractivity contribution in [2.24, 2.45) is 0 Å². The van der Waals surface area contributed by atoms with E-state index in [1.165, 1.54) is 0 Å². The molecule has 31 heavy (non-hydrogen) atoms. The van der Waals surface area contributed by atoms with Crippen molar-refractivity contribution in [3.63, 3.8) is 0 Å². The van der Waals surface area contributed by atoms with Crippen LogP contribution in [0.15, 0.2) is 66.7 Å². The lowest BCUT2D eigenvalue weighted by molar-refractivity contribution is -0.145. The summed E-state index contributed by atoms with van der Waals surface area (Å²) in [6.07, 6.45) is 0.0436. The first-order chi connectivity index (χ1) is 15.0. The second-order valence-corrected chi connectivity index (χ2v) is 8.40. The number of carboxylic acids is 1. The van der Waals surface area contributed by atoms with E-state index in [1.54, 1.807) is 12.1 Å². The van der Waals surface area contributed by atoms with Crippen molar-refractivity contribution in [3.8, 4) is 11.1 Å². The standard InChI is InChI=1S/C25H20ClNO4/c26-16-10-9-15-11-12-25(23(28)29,22(15)13-16)27-24(30)31-14-21-19-7-3-1-5-17(19)18-6-2-4-8-20(18)21/h1-10,13,21H,11-12,14H2,(H,27,30)(H,28,29). The molecule has 6 heteroatoms. The van der Waals surface area contributed by atoms with Crippen LogP contribution in [0.1, 0.15) is 34.6 Å². The van der Waals surface area contributed by atoms with Crippen molar-refractivity contribution in [2.75, 3.05) is 6.61 Å². The maximum Gasteiger partial charge on any atom is 0.408 e. The summed E-state index contributed by atoms with van der Waals surface area (Å²) in [5.41, 5.74) is 4.31. The molecule has 0 aliphatic heterocycles. The minimum atomic E-state index is -1.54. The molecule has 5 rings (SSSR count). The zero-order valence-corrected chi connectivity index (χ0v) is 17.4. The van der Waals surface area contributed by atoms with Crippen LogP contribution in [0.4, 0.5) is 4.79 Å². The molecule has 0 saturated carbocycles. The number of ether oxygens (including phenoxy) is 1. The van der Waals surface area contributed by atoms with Gasteiger partial charge in [0.25, 0.3) is 0 Å². The fourth-order valence-electron chi connectivity index (χ4n) is 4.83. The van der Waals surface area contributed by atoms with Gasteiger partial charge in [0.2, 0.25) is 0 Å². The van der Waals surface area contributed by atoms with Crippen molar-refractivity contribution >= 4 is 23.7 Å². The number of hydrogen-bond donors (Lipinski definition) is 2. The van der Waals surface area contributed by atoms with Gasteiger partial charge >= 0.3 is 12.1 Å². The van der Waals surface area contributed by atoms with E-state index in [0.717, 1.165) is 27.8 Å². The summed E-state index contributed by atoms with van der Waals surface area (Å²) in [7, 11) is 0. The fourth-order valence-corrected chi connectivity index (χ4v) is 5.01. The Hall–Kier alpha value is -3.31. The Kier molecular flexibility index (Phi) is 4.71. The van der Waals surface area contributed by atoms with Gasteiger partial charge in [0, 0.05) is 10.9 Å². The minimum absolute atomic E-state index is 0.0933. The molecule has 0 saturated heterocycles.